The summed E-state index contributed by atoms with van der Waals surface area (Å²) in [5.74, 6) is 0.866. The van der Waals surface area contributed by atoms with Gasteiger partial charge in [-0.05, 0) is 44.3 Å². The van der Waals surface area contributed by atoms with Gasteiger partial charge in [-0.3, -0.25) is 0 Å². The third-order valence-electron chi connectivity index (χ3n) is 1.45. The van der Waals surface area contributed by atoms with E-state index < -0.39 is 0 Å². The van der Waals surface area contributed by atoms with Gasteiger partial charge in [0.2, 0.25) is 0 Å². The van der Waals surface area contributed by atoms with Crippen molar-refractivity contribution in [2.45, 2.75) is 6.42 Å². The zero-order chi connectivity index (χ0) is 9.68. The predicted molar refractivity (Wildman–Crippen MR) is 62.9 cm³/mol. The Hall–Kier alpha value is -0.350. The molecule has 1 heterocycles. The molecule has 70 valence electrons. The van der Waals surface area contributed by atoms with Crippen LogP contribution in [0.3, 0.4) is 0 Å². The summed E-state index contributed by atoms with van der Waals surface area (Å²) >= 11 is 6.76. The van der Waals surface area contributed by atoms with Gasteiger partial charge in [0.1, 0.15) is 5.82 Å². The molecule has 0 amide bonds. The first kappa shape index (κ1) is 10.7. The summed E-state index contributed by atoms with van der Waals surface area (Å²) in [6.07, 6.45) is 4.57. The molecule has 1 aromatic heterocycles. The van der Waals surface area contributed by atoms with Crippen LogP contribution in [0.15, 0.2) is 33.9 Å². The molecular formula is C9H10Br2N2. The minimum Gasteiger partial charge on any atom is -0.369 e. The highest BCUT2D eigenvalue weighted by molar-refractivity contribution is 9.11. The average molecular weight is 306 g/mol. The highest BCUT2D eigenvalue weighted by atomic mass is 79.9. The van der Waals surface area contributed by atoms with E-state index >= 15 is 0 Å². The van der Waals surface area contributed by atoms with Crippen molar-refractivity contribution < 1.29 is 0 Å². The Labute approximate surface area is 94.7 Å². The van der Waals surface area contributed by atoms with Crippen molar-refractivity contribution >= 4 is 37.7 Å². The molecule has 1 rings (SSSR count). The number of anilines is 1. The third-order valence-corrected chi connectivity index (χ3v) is 2.49. The van der Waals surface area contributed by atoms with Crippen LogP contribution in [-0.4, -0.2) is 11.5 Å². The summed E-state index contributed by atoms with van der Waals surface area (Å²) in [4.78, 5) is 4.21. The molecule has 0 aliphatic heterocycles. The number of pyridine rings is 1. The molecule has 0 unspecified atom stereocenters. The Kier molecular flexibility index (Phi) is 4.45. The quantitative estimate of drug-likeness (QED) is 0.679. The molecule has 13 heavy (non-hydrogen) atoms. The van der Waals surface area contributed by atoms with Gasteiger partial charge in [0.25, 0.3) is 0 Å². The lowest BCUT2D eigenvalue weighted by Crippen LogP contribution is -2.02. The first-order valence-electron chi connectivity index (χ1n) is 3.90. The fourth-order valence-corrected chi connectivity index (χ4v) is 1.96. The lowest BCUT2D eigenvalue weighted by atomic mass is 10.4. The number of hydrogen-bond acceptors (Lipinski definition) is 2. The van der Waals surface area contributed by atoms with Gasteiger partial charge in [0, 0.05) is 17.2 Å². The molecule has 0 fully saturated rings. The smallest absolute Gasteiger partial charge is 0.140 e. The maximum Gasteiger partial charge on any atom is 0.140 e. The fraction of sp³-hybridized carbons (Fsp3) is 0.222. The summed E-state index contributed by atoms with van der Waals surface area (Å²) in [5, 5.41) is 3.19. The van der Waals surface area contributed by atoms with Crippen LogP contribution in [0.25, 0.3) is 0 Å². The second-order valence-electron chi connectivity index (χ2n) is 2.49. The van der Waals surface area contributed by atoms with Crippen molar-refractivity contribution in [1.29, 1.82) is 0 Å². The van der Waals surface area contributed by atoms with Crippen LogP contribution in [0.5, 0.6) is 0 Å². The van der Waals surface area contributed by atoms with Gasteiger partial charge in [0.05, 0.1) is 4.47 Å². The number of aromatic nitrogens is 1. The largest absolute Gasteiger partial charge is 0.369 e. The molecule has 0 aliphatic rings. The Morgan fingerprint density at radius 2 is 2.31 bits per heavy atom. The molecule has 4 heteroatoms. The highest BCUT2D eigenvalue weighted by Crippen LogP contribution is 2.23. The molecule has 0 saturated carbocycles. The van der Waals surface area contributed by atoms with Gasteiger partial charge >= 0.3 is 0 Å². The van der Waals surface area contributed by atoms with E-state index in [-0.39, 0.29) is 0 Å². The Morgan fingerprint density at radius 1 is 1.54 bits per heavy atom. The standard InChI is InChI=1S/C9H10Br2N2/c1-2-3-4-12-9-8(11)5-7(10)6-13-9/h2,5-6H,1,3-4H2,(H,12,13). The summed E-state index contributed by atoms with van der Waals surface area (Å²) < 4.78 is 1.93. The van der Waals surface area contributed by atoms with E-state index in [2.05, 4.69) is 48.7 Å². The lowest BCUT2D eigenvalue weighted by molar-refractivity contribution is 1.05. The summed E-state index contributed by atoms with van der Waals surface area (Å²) in [6, 6.07) is 1.96. The number of nitrogens with zero attached hydrogens (tertiary/aromatic N) is 1. The van der Waals surface area contributed by atoms with E-state index in [0.29, 0.717) is 0 Å². The molecule has 1 N–H and O–H groups in total. The van der Waals surface area contributed by atoms with Crippen LogP contribution >= 0.6 is 31.9 Å². The Balaban J connectivity index is 2.61. The SMILES string of the molecule is C=CCCNc1ncc(Br)cc1Br. The lowest BCUT2D eigenvalue weighted by Gasteiger charge is -2.05. The van der Waals surface area contributed by atoms with Gasteiger partial charge < -0.3 is 5.32 Å². The van der Waals surface area contributed by atoms with Crippen LogP contribution < -0.4 is 5.32 Å². The molecule has 0 aromatic carbocycles. The van der Waals surface area contributed by atoms with Crippen molar-refractivity contribution in [2.75, 3.05) is 11.9 Å². The van der Waals surface area contributed by atoms with E-state index in [4.69, 9.17) is 0 Å². The van der Waals surface area contributed by atoms with Crippen LogP contribution in [-0.2, 0) is 0 Å². The fourth-order valence-electron chi connectivity index (χ4n) is 0.837. The summed E-state index contributed by atoms with van der Waals surface area (Å²) in [5.41, 5.74) is 0. The number of nitrogens with one attached hydrogen (secondary N) is 1. The molecular weight excluding hydrogens is 296 g/mol. The van der Waals surface area contributed by atoms with Crippen molar-refractivity contribution in [3.63, 3.8) is 0 Å². The number of halogens is 2. The van der Waals surface area contributed by atoms with Crippen molar-refractivity contribution in [3.05, 3.63) is 33.9 Å². The van der Waals surface area contributed by atoms with Gasteiger partial charge in [-0.1, -0.05) is 6.08 Å². The van der Waals surface area contributed by atoms with Gasteiger partial charge in [-0.15, -0.1) is 6.58 Å². The van der Waals surface area contributed by atoms with Crippen molar-refractivity contribution in [3.8, 4) is 0 Å². The van der Waals surface area contributed by atoms with E-state index in [1.54, 1.807) is 6.20 Å². The minimum absolute atomic E-state index is 0.858. The average Bonchev–Trinajstić information content (AvgIpc) is 2.09. The second kappa shape index (κ2) is 5.40. The van der Waals surface area contributed by atoms with Gasteiger partial charge in [0.15, 0.2) is 0 Å². The molecule has 0 bridgehead atoms. The molecule has 1 aromatic rings. The summed E-state index contributed by atoms with van der Waals surface area (Å²) in [7, 11) is 0. The summed E-state index contributed by atoms with van der Waals surface area (Å²) in [6.45, 7) is 4.51. The number of hydrogen-bond donors (Lipinski definition) is 1. The Bertz CT molecular complexity index is 300. The van der Waals surface area contributed by atoms with Crippen molar-refractivity contribution in [1.82, 2.24) is 4.98 Å². The first-order valence-corrected chi connectivity index (χ1v) is 5.48. The predicted octanol–water partition coefficient (Wildman–Crippen LogP) is 3.59. The number of rotatable bonds is 4. The van der Waals surface area contributed by atoms with Gasteiger partial charge in [-0.2, -0.15) is 0 Å². The third kappa shape index (κ3) is 3.48. The zero-order valence-corrected chi connectivity index (χ0v) is 10.2. The normalized spacial score (nSPS) is 9.69. The zero-order valence-electron chi connectivity index (χ0n) is 7.06. The minimum atomic E-state index is 0.858. The van der Waals surface area contributed by atoms with Gasteiger partial charge in [-0.25, -0.2) is 4.98 Å². The van der Waals surface area contributed by atoms with E-state index in [0.717, 1.165) is 27.7 Å². The topological polar surface area (TPSA) is 24.9 Å². The van der Waals surface area contributed by atoms with E-state index in [1.807, 2.05) is 12.1 Å². The van der Waals surface area contributed by atoms with Crippen molar-refractivity contribution in [2.24, 2.45) is 0 Å². The molecule has 0 atom stereocenters. The molecule has 0 aliphatic carbocycles. The first-order chi connectivity index (χ1) is 6.24. The molecule has 2 nitrogen and oxygen atoms in total. The van der Waals surface area contributed by atoms with Crippen LogP contribution in [0.1, 0.15) is 6.42 Å². The Morgan fingerprint density at radius 3 is 2.92 bits per heavy atom. The van der Waals surface area contributed by atoms with Crippen LogP contribution in [0, 0.1) is 0 Å². The highest BCUT2D eigenvalue weighted by Gasteiger charge is 1.99. The molecule has 0 radical (unpaired) electrons. The van der Waals surface area contributed by atoms with E-state index in [1.165, 1.54) is 0 Å². The maximum atomic E-state index is 4.21. The molecule has 0 saturated heterocycles. The monoisotopic (exact) mass is 304 g/mol. The van der Waals surface area contributed by atoms with Crippen LogP contribution in [0.2, 0.25) is 0 Å². The maximum absolute atomic E-state index is 4.21. The second-order valence-corrected chi connectivity index (χ2v) is 4.26. The van der Waals surface area contributed by atoms with Crippen LogP contribution in [0.4, 0.5) is 5.82 Å². The molecule has 0 spiro atoms. The van der Waals surface area contributed by atoms with E-state index in [9.17, 15) is 0 Å².